The Kier molecular flexibility index (Phi) is 2.96. The Hall–Kier alpha value is -1.88. The molecule has 2 aromatic rings. The molecular formula is C16H20N4O. The monoisotopic (exact) mass is 284 g/mol. The molecule has 0 saturated carbocycles. The van der Waals surface area contributed by atoms with Gasteiger partial charge in [-0.05, 0) is 37.9 Å². The molecule has 110 valence electrons. The van der Waals surface area contributed by atoms with E-state index in [9.17, 15) is 4.79 Å². The molecule has 0 spiro atoms. The third-order valence-electron chi connectivity index (χ3n) is 4.95. The van der Waals surface area contributed by atoms with Gasteiger partial charge in [-0.3, -0.25) is 9.48 Å². The van der Waals surface area contributed by atoms with E-state index in [0.29, 0.717) is 11.6 Å². The van der Waals surface area contributed by atoms with E-state index in [1.807, 2.05) is 31.3 Å². The Bertz CT molecular complexity index is 685. The molecule has 3 fully saturated rings. The van der Waals surface area contributed by atoms with Crippen LogP contribution in [0.4, 0.5) is 0 Å². The molecule has 0 radical (unpaired) electrons. The Morgan fingerprint density at radius 1 is 1.29 bits per heavy atom. The highest BCUT2D eigenvalue weighted by molar-refractivity contribution is 6.04. The van der Waals surface area contributed by atoms with Crippen LogP contribution in [0.1, 0.15) is 23.3 Å². The van der Waals surface area contributed by atoms with E-state index >= 15 is 0 Å². The van der Waals surface area contributed by atoms with Crippen LogP contribution in [-0.2, 0) is 7.05 Å². The minimum absolute atomic E-state index is 0.0365. The van der Waals surface area contributed by atoms with Gasteiger partial charge in [-0.15, -0.1) is 0 Å². The first-order valence-electron chi connectivity index (χ1n) is 7.67. The second-order valence-electron chi connectivity index (χ2n) is 6.21. The third kappa shape index (κ3) is 2.12. The highest BCUT2D eigenvalue weighted by atomic mass is 16.2. The summed E-state index contributed by atoms with van der Waals surface area (Å²) in [4.78, 5) is 15.1. The van der Waals surface area contributed by atoms with Crippen LogP contribution in [-0.4, -0.2) is 46.3 Å². The molecule has 1 aromatic carbocycles. The van der Waals surface area contributed by atoms with Gasteiger partial charge >= 0.3 is 0 Å². The van der Waals surface area contributed by atoms with Crippen molar-refractivity contribution in [1.29, 1.82) is 0 Å². The number of para-hydroxylation sites is 1. The van der Waals surface area contributed by atoms with Gasteiger partial charge in [-0.2, -0.15) is 5.10 Å². The quantitative estimate of drug-likeness (QED) is 0.907. The van der Waals surface area contributed by atoms with E-state index in [1.165, 1.54) is 25.9 Å². The summed E-state index contributed by atoms with van der Waals surface area (Å²) in [7, 11) is 1.88. The Morgan fingerprint density at radius 2 is 2.05 bits per heavy atom. The lowest BCUT2D eigenvalue weighted by Crippen LogP contribution is -2.57. The van der Waals surface area contributed by atoms with Crippen LogP contribution in [0.15, 0.2) is 24.3 Å². The van der Waals surface area contributed by atoms with Crippen molar-refractivity contribution in [1.82, 2.24) is 20.0 Å². The molecule has 1 N–H and O–H groups in total. The van der Waals surface area contributed by atoms with Crippen LogP contribution in [0.5, 0.6) is 0 Å². The van der Waals surface area contributed by atoms with E-state index in [-0.39, 0.29) is 11.9 Å². The number of nitrogens with zero attached hydrogens (tertiary/aromatic N) is 3. The lowest BCUT2D eigenvalue weighted by atomic mass is 9.84. The number of aryl methyl sites for hydroxylation is 1. The maximum Gasteiger partial charge on any atom is 0.272 e. The summed E-state index contributed by atoms with van der Waals surface area (Å²) in [5.41, 5.74) is 1.54. The SMILES string of the molecule is Cn1nc(C(=O)N[C@@H]2CN3CCC2CC3)c2ccccc21. The number of amides is 1. The number of rotatable bonds is 2. The molecule has 5 nitrogen and oxygen atoms in total. The molecule has 0 unspecified atom stereocenters. The molecule has 3 aliphatic rings. The number of hydrogen-bond donors (Lipinski definition) is 1. The second kappa shape index (κ2) is 4.84. The van der Waals surface area contributed by atoms with E-state index in [4.69, 9.17) is 0 Å². The van der Waals surface area contributed by atoms with Gasteiger partial charge in [0.15, 0.2) is 5.69 Å². The Morgan fingerprint density at radius 3 is 2.76 bits per heavy atom. The van der Waals surface area contributed by atoms with Crippen molar-refractivity contribution >= 4 is 16.8 Å². The fourth-order valence-electron chi connectivity index (χ4n) is 3.75. The molecule has 4 heterocycles. The summed E-state index contributed by atoms with van der Waals surface area (Å²) in [5, 5.41) is 8.55. The van der Waals surface area contributed by atoms with Crippen molar-refractivity contribution < 1.29 is 4.79 Å². The number of fused-ring (bicyclic) bond motifs is 4. The van der Waals surface area contributed by atoms with Gasteiger partial charge in [0.2, 0.25) is 0 Å². The van der Waals surface area contributed by atoms with Crippen LogP contribution in [0, 0.1) is 5.92 Å². The molecule has 5 heteroatoms. The lowest BCUT2D eigenvalue weighted by molar-refractivity contribution is 0.0618. The van der Waals surface area contributed by atoms with Gasteiger partial charge in [0, 0.05) is 25.0 Å². The summed E-state index contributed by atoms with van der Waals surface area (Å²) >= 11 is 0. The van der Waals surface area contributed by atoms with Crippen molar-refractivity contribution in [2.24, 2.45) is 13.0 Å². The topological polar surface area (TPSA) is 50.2 Å². The molecule has 3 aliphatic heterocycles. The van der Waals surface area contributed by atoms with Crippen LogP contribution in [0.3, 0.4) is 0 Å². The summed E-state index contributed by atoms with van der Waals surface area (Å²) in [6, 6.07) is 8.16. The maximum atomic E-state index is 12.6. The van der Waals surface area contributed by atoms with Gasteiger partial charge in [0.05, 0.1) is 5.52 Å². The van der Waals surface area contributed by atoms with Crippen LogP contribution >= 0.6 is 0 Å². The summed E-state index contributed by atoms with van der Waals surface area (Å²) in [6.45, 7) is 3.36. The number of aromatic nitrogens is 2. The molecule has 5 rings (SSSR count). The standard InChI is InChI=1S/C16H20N4O/c1-19-14-5-3-2-4-12(14)15(18-19)16(21)17-13-10-20-8-6-11(13)7-9-20/h2-5,11,13H,6-10H2,1H3,(H,17,21)/t13-/m1/s1. The summed E-state index contributed by atoms with van der Waals surface area (Å²) < 4.78 is 1.78. The molecule has 1 amide bonds. The van der Waals surface area contributed by atoms with Crippen LogP contribution < -0.4 is 5.32 Å². The predicted octanol–water partition coefficient (Wildman–Crippen LogP) is 1.40. The average molecular weight is 284 g/mol. The maximum absolute atomic E-state index is 12.6. The van der Waals surface area contributed by atoms with E-state index < -0.39 is 0 Å². The Labute approximate surface area is 123 Å². The van der Waals surface area contributed by atoms with E-state index in [1.54, 1.807) is 4.68 Å². The first-order chi connectivity index (χ1) is 10.2. The zero-order chi connectivity index (χ0) is 14.4. The van der Waals surface area contributed by atoms with Crippen LogP contribution in [0.2, 0.25) is 0 Å². The number of piperidine rings is 3. The largest absolute Gasteiger partial charge is 0.346 e. The summed E-state index contributed by atoms with van der Waals surface area (Å²) in [5.74, 6) is 0.597. The fourth-order valence-corrected chi connectivity index (χ4v) is 3.75. The highest BCUT2D eigenvalue weighted by Crippen LogP contribution is 2.28. The van der Waals surface area contributed by atoms with Gasteiger partial charge in [-0.1, -0.05) is 18.2 Å². The minimum atomic E-state index is -0.0365. The van der Waals surface area contributed by atoms with Crippen molar-refractivity contribution in [2.75, 3.05) is 19.6 Å². The smallest absolute Gasteiger partial charge is 0.272 e. The van der Waals surface area contributed by atoms with Gasteiger partial charge in [0.1, 0.15) is 0 Å². The molecule has 2 bridgehead atoms. The number of nitrogens with one attached hydrogen (secondary N) is 1. The third-order valence-corrected chi connectivity index (χ3v) is 4.95. The second-order valence-corrected chi connectivity index (χ2v) is 6.21. The van der Waals surface area contributed by atoms with Crippen molar-refractivity contribution in [2.45, 2.75) is 18.9 Å². The van der Waals surface area contributed by atoms with Crippen molar-refractivity contribution in [3.05, 3.63) is 30.0 Å². The van der Waals surface area contributed by atoms with Crippen molar-refractivity contribution in [3.8, 4) is 0 Å². The first kappa shape index (κ1) is 12.8. The predicted molar refractivity (Wildman–Crippen MR) is 81.1 cm³/mol. The number of hydrogen-bond acceptors (Lipinski definition) is 3. The van der Waals surface area contributed by atoms with Crippen LogP contribution in [0.25, 0.3) is 10.9 Å². The Balaban J connectivity index is 1.59. The summed E-state index contributed by atoms with van der Waals surface area (Å²) in [6.07, 6.45) is 2.40. The molecule has 1 atom stereocenters. The molecule has 1 aromatic heterocycles. The fraction of sp³-hybridized carbons (Fsp3) is 0.500. The number of carbonyl (C=O) groups is 1. The first-order valence-corrected chi connectivity index (χ1v) is 7.67. The number of benzene rings is 1. The molecule has 21 heavy (non-hydrogen) atoms. The molecule has 3 saturated heterocycles. The molecule has 0 aliphatic carbocycles. The minimum Gasteiger partial charge on any atom is -0.346 e. The van der Waals surface area contributed by atoms with E-state index in [2.05, 4.69) is 15.3 Å². The molecular weight excluding hydrogens is 264 g/mol. The van der Waals surface area contributed by atoms with E-state index in [0.717, 1.165) is 17.4 Å². The zero-order valence-corrected chi connectivity index (χ0v) is 12.2. The normalized spacial score (nSPS) is 28.0. The lowest BCUT2D eigenvalue weighted by Gasteiger charge is -2.44. The van der Waals surface area contributed by atoms with Gasteiger partial charge in [0.25, 0.3) is 5.91 Å². The average Bonchev–Trinajstić information content (AvgIpc) is 2.86. The highest BCUT2D eigenvalue weighted by Gasteiger charge is 2.35. The van der Waals surface area contributed by atoms with Gasteiger partial charge in [-0.25, -0.2) is 0 Å². The zero-order valence-electron chi connectivity index (χ0n) is 12.2. The number of carbonyl (C=O) groups excluding carboxylic acids is 1. The van der Waals surface area contributed by atoms with Crippen molar-refractivity contribution in [3.63, 3.8) is 0 Å². The van der Waals surface area contributed by atoms with Gasteiger partial charge < -0.3 is 10.2 Å².